The number of hydrogen-bond acceptors (Lipinski definition) is 4. The van der Waals surface area contributed by atoms with Gasteiger partial charge in [0.2, 0.25) is 11.8 Å². The molecule has 0 aromatic carbocycles. The van der Waals surface area contributed by atoms with E-state index in [9.17, 15) is 9.59 Å². The molecule has 7 heteroatoms. The summed E-state index contributed by atoms with van der Waals surface area (Å²) in [6.45, 7) is 5.54. The number of amides is 2. The highest BCUT2D eigenvalue weighted by atomic mass is 16.2. The van der Waals surface area contributed by atoms with Crippen LogP contribution in [0.1, 0.15) is 26.2 Å². The van der Waals surface area contributed by atoms with Crippen molar-refractivity contribution in [1.29, 1.82) is 0 Å². The molecule has 0 aliphatic carbocycles. The number of aromatic nitrogens is 2. The highest BCUT2D eigenvalue weighted by Gasteiger charge is 2.30. The molecule has 2 unspecified atom stereocenters. The molecular formula is C17H27N5O2. The minimum absolute atomic E-state index is 0.0328. The van der Waals surface area contributed by atoms with E-state index >= 15 is 0 Å². The van der Waals surface area contributed by atoms with Crippen LogP contribution in [0.25, 0.3) is 0 Å². The molecule has 24 heavy (non-hydrogen) atoms. The maximum absolute atomic E-state index is 12.6. The summed E-state index contributed by atoms with van der Waals surface area (Å²) in [6.07, 6.45) is 6.42. The lowest BCUT2D eigenvalue weighted by Crippen LogP contribution is -2.52. The van der Waals surface area contributed by atoms with Crippen molar-refractivity contribution in [3.8, 4) is 0 Å². The predicted octanol–water partition coefficient (Wildman–Crippen LogP) is 0.621. The molecule has 3 heterocycles. The Labute approximate surface area is 143 Å². The van der Waals surface area contributed by atoms with Crippen molar-refractivity contribution in [2.75, 3.05) is 37.6 Å². The van der Waals surface area contributed by atoms with E-state index in [-0.39, 0.29) is 18.4 Å². The minimum Gasteiger partial charge on any atom is -0.332 e. The first-order valence-corrected chi connectivity index (χ1v) is 8.82. The van der Waals surface area contributed by atoms with Crippen LogP contribution in [0.2, 0.25) is 0 Å². The average molecular weight is 333 g/mol. The number of carbonyl (C=O) groups excluding carboxylic acids is 2. The molecule has 3 rings (SSSR count). The average Bonchev–Trinajstić information content (AvgIpc) is 3.01. The molecular weight excluding hydrogens is 306 g/mol. The summed E-state index contributed by atoms with van der Waals surface area (Å²) in [7, 11) is 1.83. The SMILES string of the molecule is CC(CC(=O)N1CCN(c2cnn(C)c2)C(=O)C1)C1CCCNC1. The Kier molecular flexibility index (Phi) is 5.18. The van der Waals surface area contributed by atoms with E-state index in [1.165, 1.54) is 12.8 Å². The molecule has 2 fully saturated rings. The first-order valence-electron chi connectivity index (χ1n) is 8.82. The van der Waals surface area contributed by atoms with E-state index in [1.54, 1.807) is 20.7 Å². The predicted molar refractivity (Wildman–Crippen MR) is 91.5 cm³/mol. The number of carbonyl (C=O) groups is 2. The normalized spacial score (nSPS) is 23.4. The molecule has 2 amide bonds. The minimum atomic E-state index is -0.0328. The van der Waals surface area contributed by atoms with Crippen LogP contribution in [-0.2, 0) is 16.6 Å². The van der Waals surface area contributed by atoms with Crippen molar-refractivity contribution < 1.29 is 9.59 Å². The maximum atomic E-state index is 12.6. The number of nitrogens with zero attached hydrogens (tertiary/aromatic N) is 4. The summed E-state index contributed by atoms with van der Waals surface area (Å²) in [5, 5.41) is 7.52. The van der Waals surface area contributed by atoms with Crippen molar-refractivity contribution in [3.05, 3.63) is 12.4 Å². The van der Waals surface area contributed by atoms with Gasteiger partial charge in [-0.05, 0) is 37.8 Å². The number of piperazine rings is 1. The largest absolute Gasteiger partial charge is 0.332 e. The third kappa shape index (κ3) is 3.77. The number of anilines is 1. The molecule has 7 nitrogen and oxygen atoms in total. The van der Waals surface area contributed by atoms with Crippen LogP contribution >= 0.6 is 0 Å². The van der Waals surface area contributed by atoms with E-state index in [0.717, 1.165) is 18.8 Å². The van der Waals surface area contributed by atoms with Gasteiger partial charge in [-0.1, -0.05) is 6.92 Å². The van der Waals surface area contributed by atoms with Crippen molar-refractivity contribution in [1.82, 2.24) is 20.0 Å². The van der Waals surface area contributed by atoms with Gasteiger partial charge in [-0.15, -0.1) is 0 Å². The molecule has 2 saturated heterocycles. The quantitative estimate of drug-likeness (QED) is 0.877. The molecule has 1 aromatic heterocycles. The molecule has 132 valence electrons. The number of rotatable bonds is 4. The van der Waals surface area contributed by atoms with Gasteiger partial charge in [-0.2, -0.15) is 5.10 Å². The van der Waals surface area contributed by atoms with E-state index in [1.807, 2.05) is 13.2 Å². The van der Waals surface area contributed by atoms with Gasteiger partial charge in [0.25, 0.3) is 0 Å². The number of nitrogens with one attached hydrogen (secondary N) is 1. The van der Waals surface area contributed by atoms with Crippen molar-refractivity contribution in [3.63, 3.8) is 0 Å². The fourth-order valence-electron chi connectivity index (χ4n) is 3.64. The van der Waals surface area contributed by atoms with Crippen LogP contribution in [0.5, 0.6) is 0 Å². The zero-order valence-corrected chi connectivity index (χ0v) is 14.6. The summed E-state index contributed by atoms with van der Waals surface area (Å²) < 4.78 is 1.68. The van der Waals surface area contributed by atoms with Gasteiger partial charge in [0.1, 0.15) is 6.54 Å². The monoisotopic (exact) mass is 333 g/mol. The zero-order valence-electron chi connectivity index (χ0n) is 14.6. The third-order valence-electron chi connectivity index (χ3n) is 5.21. The number of aryl methyl sites for hydroxylation is 1. The van der Waals surface area contributed by atoms with E-state index in [0.29, 0.717) is 31.3 Å². The standard InChI is InChI=1S/C17H27N5O2/c1-13(14-4-3-5-18-9-14)8-16(23)21-6-7-22(17(24)12-21)15-10-19-20(2)11-15/h10-11,13-14,18H,3-9,12H2,1-2H3. The fraction of sp³-hybridized carbons (Fsp3) is 0.706. The van der Waals surface area contributed by atoms with Crippen LogP contribution in [0.4, 0.5) is 5.69 Å². The van der Waals surface area contributed by atoms with Gasteiger partial charge in [0, 0.05) is 32.8 Å². The maximum Gasteiger partial charge on any atom is 0.246 e. The molecule has 0 spiro atoms. The summed E-state index contributed by atoms with van der Waals surface area (Å²) in [5.41, 5.74) is 0.802. The van der Waals surface area contributed by atoms with Crippen molar-refractivity contribution >= 4 is 17.5 Å². The molecule has 2 aliphatic rings. The smallest absolute Gasteiger partial charge is 0.246 e. The molecule has 0 radical (unpaired) electrons. The molecule has 2 atom stereocenters. The Morgan fingerprint density at radius 1 is 1.46 bits per heavy atom. The number of hydrogen-bond donors (Lipinski definition) is 1. The first kappa shape index (κ1) is 17.0. The van der Waals surface area contributed by atoms with Crippen LogP contribution in [-0.4, -0.2) is 59.2 Å². The summed E-state index contributed by atoms with van der Waals surface area (Å²) in [5.74, 6) is 0.994. The van der Waals surface area contributed by atoms with Gasteiger partial charge in [0.15, 0.2) is 0 Å². The van der Waals surface area contributed by atoms with Gasteiger partial charge < -0.3 is 15.1 Å². The van der Waals surface area contributed by atoms with Gasteiger partial charge in [0.05, 0.1) is 11.9 Å². The summed E-state index contributed by atoms with van der Waals surface area (Å²) in [6, 6.07) is 0. The Hall–Kier alpha value is -1.89. The van der Waals surface area contributed by atoms with Crippen LogP contribution < -0.4 is 10.2 Å². The second-order valence-corrected chi connectivity index (χ2v) is 7.02. The lowest BCUT2D eigenvalue weighted by atomic mass is 9.85. The Morgan fingerprint density at radius 2 is 2.29 bits per heavy atom. The highest BCUT2D eigenvalue weighted by Crippen LogP contribution is 2.24. The molecule has 1 aromatic rings. The first-order chi connectivity index (χ1) is 11.5. The number of piperidine rings is 1. The molecule has 2 aliphatic heterocycles. The molecule has 0 saturated carbocycles. The second kappa shape index (κ2) is 7.34. The summed E-state index contributed by atoms with van der Waals surface area (Å²) >= 11 is 0. The lowest BCUT2D eigenvalue weighted by Gasteiger charge is -2.35. The van der Waals surface area contributed by atoms with Crippen LogP contribution in [0.3, 0.4) is 0 Å². The zero-order chi connectivity index (χ0) is 17.1. The third-order valence-corrected chi connectivity index (χ3v) is 5.21. The fourth-order valence-corrected chi connectivity index (χ4v) is 3.64. The van der Waals surface area contributed by atoms with E-state index in [2.05, 4.69) is 17.3 Å². The highest BCUT2D eigenvalue weighted by molar-refractivity contribution is 5.97. The molecule has 1 N–H and O–H groups in total. The van der Waals surface area contributed by atoms with Gasteiger partial charge >= 0.3 is 0 Å². The van der Waals surface area contributed by atoms with E-state index in [4.69, 9.17) is 0 Å². The Morgan fingerprint density at radius 3 is 2.92 bits per heavy atom. The van der Waals surface area contributed by atoms with Gasteiger partial charge in [-0.25, -0.2) is 0 Å². The van der Waals surface area contributed by atoms with Gasteiger partial charge in [-0.3, -0.25) is 14.3 Å². The lowest BCUT2D eigenvalue weighted by molar-refractivity contribution is -0.137. The van der Waals surface area contributed by atoms with Crippen LogP contribution in [0, 0.1) is 11.8 Å². The van der Waals surface area contributed by atoms with Crippen molar-refractivity contribution in [2.45, 2.75) is 26.2 Å². The van der Waals surface area contributed by atoms with Crippen molar-refractivity contribution in [2.24, 2.45) is 18.9 Å². The van der Waals surface area contributed by atoms with E-state index < -0.39 is 0 Å². The molecule has 0 bridgehead atoms. The second-order valence-electron chi connectivity index (χ2n) is 7.02. The Bertz CT molecular complexity index is 594. The van der Waals surface area contributed by atoms with Crippen LogP contribution in [0.15, 0.2) is 12.4 Å². The summed E-state index contributed by atoms with van der Waals surface area (Å²) in [4.78, 5) is 28.4. The Balaban J connectivity index is 1.53. The topological polar surface area (TPSA) is 70.5 Å².